The largest absolute Gasteiger partial charge is 0.350 e. The number of thiazole rings is 1. The summed E-state index contributed by atoms with van der Waals surface area (Å²) >= 11 is 7.42. The number of hydrogen-bond donors (Lipinski definition) is 2. The van der Waals surface area contributed by atoms with Gasteiger partial charge >= 0.3 is 0 Å². The van der Waals surface area contributed by atoms with Gasteiger partial charge in [-0.1, -0.05) is 37.6 Å². The Kier molecular flexibility index (Phi) is 6.81. The Morgan fingerprint density at radius 2 is 2.18 bits per heavy atom. The van der Waals surface area contributed by atoms with Gasteiger partial charge in [-0.25, -0.2) is 4.98 Å². The lowest BCUT2D eigenvalue weighted by molar-refractivity contribution is 0.0941. The molecule has 0 aliphatic heterocycles. The van der Waals surface area contributed by atoms with Gasteiger partial charge in [0, 0.05) is 28.9 Å². The van der Waals surface area contributed by atoms with Gasteiger partial charge in [-0.15, -0.1) is 23.7 Å². The fraction of sp³-hybridized carbons (Fsp3) is 0.333. The lowest BCUT2D eigenvalue weighted by Crippen LogP contribution is -2.36. The summed E-state index contributed by atoms with van der Waals surface area (Å²) in [5, 5.41) is 6.09. The van der Waals surface area contributed by atoms with Gasteiger partial charge in [-0.05, 0) is 17.7 Å². The van der Waals surface area contributed by atoms with Crippen LogP contribution in [0, 0.1) is 0 Å². The van der Waals surface area contributed by atoms with Gasteiger partial charge in [0.05, 0.1) is 0 Å². The highest BCUT2D eigenvalue weighted by Gasteiger charge is 2.22. The molecule has 0 aliphatic rings. The molecule has 2 aromatic rings. The summed E-state index contributed by atoms with van der Waals surface area (Å²) in [5.74, 6) is -0.180. The summed E-state index contributed by atoms with van der Waals surface area (Å²) in [6.07, 6.45) is 0. The van der Waals surface area contributed by atoms with Crippen LogP contribution in [-0.4, -0.2) is 17.4 Å². The smallest absolute Gasteiger partial charge is 0.270 e. The number of nitrogens with two attached hydrogens (primary N) is 1. The lowest BCUT2D eigenvalue weighted by atomic mass is 9.84. The molecule has 4 nitrogen and oxygen atoms in total. The summed E-state index contributed by atoms with van der Waals surface area (Å²) in [6.45, 7) is 4.98. The first-order chi connectivity index (χ1) is 9.92. The number of nitrogens with zero attached hydrogens (tertiary/aromatic N) is 1. The highest BCUT2D eigenvalue weighted by atomic mass is 35.5. The quantitative estimate of drug-likeness (QED) is 0.859. The zero-order valence-corrected chi connectivity index (χ0v) is 14.8. The maximum Gasteiger partial charge on any atom is 0.270 e. The van der Waals surface area contributed by atoms with Crippen LogP contribution in [0.5, 0.6) is 0 Å². The number of nitrogens with one attached hydrogen (secondary N) is 1. The van der Waals surface area contributed by atoms with Gasteiger partial charge in [0.2, 0.25) is 0 Å². The average Bonchev–Trinajstić information content (AvgIpc) is 2.94. The topological polar surface area (TPSA) is 68.0 Å². The first-order valence-electron chi connectivity index (χ1n) is 6.61. The van der Waals surface area contributed by atoms with E-state index in [-0.39, 0.29) is 23.7 Å². The van der Waals surface area contributed by atoms with Gasteiger partial charge in [-0.3, -0.25) is 4.79 Å². The fourth-order valence-electron chi connectivity index (χ4n) is 1.91. The molecular weight excluding hydrogens is 341 g/mol. The van der Waals surface area contributed by atoms with Crippen molar-refractivity contribution in [3.05, 3.63) is 50.9 Å². The van der Waals surface area contributed by atoms with Gasteiger partial charge in [-0.2, -0.15) is 0 Å². The van der Waals surface area contributed by atoms with Crippen LogP contribution in [0.2, 0.25) is 5.02 Å². The molecular formula is C15H19Cl2N3OS. The van der Waals surface area contributed by atoms with E-state index in [9.17, 15) is 4.79 Å². The molecule has 0 aliphatic carbocycles. The van der Waals surface area contributed by atoms with Crippen LogP contribution < -0.4 is 11.1 Å². The third-order valence-corrected chi connectivity index (χ3v) is 4.36. The van der Waals surface area contributed by atoms with Gasteiger partial charge in [0.25, 0.3) is 5.91 Å². The standard InChI is InChI=1S/C15H18ClN3OS.ClH/c1-15(2,10-4-3-5-11(16)6-10)9-18-14(20)12-8-21-13(7-17)19-12;/h3-6,8H,7,9,17H2,1-2H3,(H,18,20);1H. The molecule has 1 aromatic heterocycles. The Hall–Kier alpha value is -1.14. The average molecular weight is 360 g/mol. The second kappa shape index (κ2) is 7.92. The molecule has 120 valence electrons. The molecule has 0 spiro atoms. The van der Waals surface area contributed by atoms with Crippen molar-refractivity contribution in [3.8, 4) is 0 Å². The predicted molar refractivity (Wildman–Crippen MR) is 94.1 cm³/mol. The Balaban J connectivity index is 0.00000242. The molecule has 0 bridgehead atoms. The second-order valence-corrected chi connectivity index (χ2v) is 6.79. The van der Waals surface area contributed by atoms with Gasteiger partial charge < -0.3 is 11.1 Å². The molecule has 1 heterocycles. The molecule has 0 atom stereocenters. The van der Waals surface area contributed by atoms with Crippen molar-refractivity contribution in [2.24, 2.45) is 5.73 Å². The predicted octanol–water partition coefficient (Wildman–Crippen LogP) is 3.38. The maximum absolute atomic E-state index is 12.1. The molecule has 0 fully saturated rings. The van der Waals surface area contributed by atoms with Crippen LogP contribution in [-0.2, 0) is 12.0 Å². The highest BCUT2D eigenvalue weighted by Crippen LogP contribution is 2.25. The number of rotatable bonds is 5. The normalized spacial score (nSPS) is 10.9. The van der Waals surface area contributed by atoms with Crippen LogP contribution in [0.25, 0.3) is 0 Å². The van der Waals surface area contributed by atoms with Crippen LogP contribution >= 0.6 is 35.3 Å². The van der Waals surface area contributed by atoms with E-state index in [1.165, 1.54) is 11.3 Å². The monoisotopic (exact) mass is 359 g/mol. The number of hydrogen-bond acceptors (Lipinski definition) is 4. The molecule has 0 unspecified atom stereocenters. The molecule has 1 aromatic carbocycles. The Labute approximate surface area is 145 Å². The van der Waals surface area contributed by atoms with Crippen molar-refractivity contribution in [1.29, 1.82) is 0 Å². The Morgan fingerprint density at radius 3 is 2.77 bits per heavy atom. The van der Waals surface area contributed by atoms with Crippen molar-refractivity contribution in [1.82, 2.24) is 10.3 Å². The number of aromatic nitrogens is 1. The molecule has 3 N–H and O–H groups in total. The number of benzene rings is 1. The SMILES string of the molecule is CC(C)(CNC(=O)c1csc(CN)n1)c1cccc(Cl)c1.Cl. The van der Waals surface area contributed by atoms with Crippen molar-refractivity contribution in [2.45, 2.75) is 25.8 Å². The zero-order chi connectivity index (χ0) is 15.5. The Bertz CT molecular complexity index is 643. The lowest BCUT2D eigenvalue weighted by Gasteiger charge is -2.25. The Morgan fingerprint density at radius 1 is 1.45 bits per heavy atom. The van der Waals surface area contributed by atoms with Crippen molar-refractivity contribution in [2.75, 3.05) is 6.54 Å². The van der Waals surface area contributed by atoms with E-state index >= 15 is 0 Å². The minimum atomic E-state index is -0.215. The summed E-state index contributed by atoms with van der Waals surface area (Å²) in [6, 6.07) is 7.68. The molecule has 1 amide bonds. The van der Waals surface area contributed by atoms with E-state index in [0.29, 0.717) is 23.8 Å². The van der Waals surface area contributed by atoms with E-state index in [0.717, 1.165) is 10.6 Å². The van der Waals surface area contributed by atoms with E-state index in [2.05, 4.69) is 24.1 Å². The number of carbonyl (C=O) groups is 1. The minimum absolute atomic E-state index is 0. The first-order valence-corrected chi connectivity index (χ1v) is 7.87. The van der Waals surface area contributed by atoms with Crippen molar-refractivity contribution >= 4 is 41.3 Å². The summed E-state index contributed by atoms with van der Waals surface area (Å²) in [7, 11) is 0. The number of carbonyl (C=O) groups excluding carboxylic acids is 1. The third kappa shape index (κ3) is 4.68. The zero-order valence-electron chi connectivity index (χ0n) is 12.4. The van der Waals surface area contributed by atoms with Crippen molar-refractivity contribution in [3.63, 3.8) is 0 Å². The summed E-state index contributed by atoms with van der Waals surface area (Å²) < 4.78 is 0. The minimum Gasteiger partial charge on any atom is -0.350 e. The summed E-state index contributed by atoms with van der Waals surface area (Å²) in [5.41, 5.74) is 6.78. The molecule has 7 heteroatoms. The van der Waals surface area contributed by atoms with Crippen LogP contribution in [0.4, 0.5) is 0 Å². The third-order valence-electron chi connectivity index (χ3n) is 3.26. The second-order valence-electron chi connectivity index (χ2n) is 5.41. The molecule has 0 saturated heterocycles. The van der Waals surface area contributed by atoms with E-state index in [1.807, 2.05) is 24.3 Å². The van der Waals surface area contributed by atoms with Gasteiger partial charge in [0.15, 0.2) is 0 Å². The maximum atomic E-state index is 12.1. The van der Waals surface area contributed by atoms with E-state index in [1.54, 1.807) is 5.38 Å². The van der Waals surface area contributed by atoms with E-state index < -0.39 is 0 Å². The number of halogens is 2. The summed E-state index contributed by atoms with van der Waals surface area (Å²) in [4.78, 5) is 16.3. The molecule has 22 heavy (non-hydrogen) atoms. The van der Waals surface area contributed by atoms with Crippen LogP contribution in [0.1, 0.15) is 34.9 Å². The van der Waals surface area contributed by atoms with Crippen molar-refractivity contribution < 1.29 is 4.79 Å². The van der Waals surface area contributed by atoms with Gasteiger partial charge in [0.1, 0.15) is 10.7 Å². The molecule has 0 saturated carbocycles. The fourth-order valence-corrected chi connectivity index (χ4v) is 2.76. The highest BCUT2D eigenvalue weighted by molar-refractivity contribution is 7.09. The first kappa shape index (κ1) is 18.9. The van der Waals surface area contributed by atoms with Crippen LogP contribution in [0.15, 0.2) is 29.6 Å². The van der Waals surface area contributed by atoms with E-state index in [4.69, 9.17) is 17.3 Å². The molecule has 2 rings (SSSR count). The van der Waals surface area contributed by atoms with Crippen LogP contribution in [0.3, 0.4) is 0 Å². The molecule has 0 radical (unpaired) electrons. The number of amides is 1.